The van der Waals surface area contributed by atoms with Gasteiger partial charge in [0.15, 0.2) is 0 Å². The molecule has 0 radical (unpaired) electrons. The maximum absolute atomic E-state index is 14.0. The largest absolute Gasteiger partial charge is 0.485 e. The van der Waals surface area contributed by atoms with E-state index in [0.29, 0.717) is 27.2 Å². The molecule has 0 saturated carbocycles. The molecule has 5 heteroatoms. The number of rotatable bonds is 1. The van der Waals surface area contributed by atoms with Crippen LogP contribution >= 0.6 is 27.5 Å². The van der Waals surface area contributed by atoms with Gasteiger partial charge in [0.25, 0.3) is 0 Å². The van der Waals surface area contributed by atoms with E-state index >= 15 is 0 Å². The standard InChI is InChI=1S/C15H12BrClFNO/c16-8-1-3-10(12(18)5-8)15-7-13(19)11-6-9(17)2-4-14(11)20-15/h1-6,13,15H,7,19H2/t13-,15?/m0/s1. The fourth-order valence-electron chi connectivity index (χ4n) is 2.43. The Morgan fingerprint density at radius 1 is 1.20 bits per heavy atom. The summed E-state index contributed by atoms with van der Waals surface area (Å²) < 4.78 is 20.6. The van der Waals surface area contributed by atoms with Gasteiger partial charge in [-0.15, -0.1) is 0 Å². The van der Waals surface area contributed by atoms with E-state index in [1.54, 1.807) is 30.3 Å². The van der Waals surface area contributed by atoms with Crippen molar-refractivity contribution >= 4 is 27.5 Å². The van der Waals surface area contributed by atoms with Crippen LogP contribution in [0.1, 0.15) is 29.7 Å². The Hall–Kier alpha value is -1.10. The molecular weight excluding hydrogens is 345 g/mol. The summed E-state index contributed by atoms with van der Waals surface area (Å²) in [5, 5.41) is 0.621. The summed E-state index contributed by atoms with van der Waals surface area (Å²) in [6.45, 7) is 0. The van der Waals surface area contributed by atoms with Gasteiger partial charge in [-0.1, -0.05) is 33.6 Å². The lowest BCUT2D eigenvalue weighted by atomic mass is 9.93. The molecule has 0 saturated heterocycles. The number of fused-ring (bicyclic) bond motifs is 1. The van der Waals surface area contributed by atoms with Crippen molar-refractivity contribution < 1.29 is 9.13 Å². The van der Waals surface area contributed by atoms with E-state index < -0.39 is 0 Å². The van der Waals surface area contributed by atoms with Gasteiger partial charge in [-0.2, -0.15) is 0 Å². The van der Waals surface area contributed by atoms with E-state index in [1.807, 2.05) is 0 Å². The molecule has 3 rings (SSSR count). The molecule has 20 heavy (non-hydrogen) atoms. The molecule has 0 amide bonds. The Morgan fingerprint density at radius 3 is 2.75 bits per heavy atom. The van der Waals surface area contributed by atoms with Crippen LogP contribution in [0.5, 0.6) is 5.75 Å². The van der Waals surface area contributed by atoms with Gasteiger partial charge in [0.1, 0.15) is 17.7 Å². The van der Waals surface area contributed by atoms with Crippen molar-refractivity contribution in [3.63, 3.8) is 0 Å². The molecule has 2 aromatic carbocycles. The van der Waals surface area contributed by atoms with Gasteiger partial charge in [-0.25, -0.2) is 4.39 Å². The van der Waals surface area contributed by atoms with Gasteiger partial charge in [0, 0.05) is 33.1 Å². The van der Waals surface area contributed by atoms with Crippen LogP contribution in [0, 0.1) is 5.82 Å². The summed E-state index contributed by atoms with van der Waals surface area (Å²) in [5.74, 6) is 0.370. The molecule has 2 nitrogen and oxygen atoms in total. The topological polar surface area (TPSA) is 35.2 Å². The van der Waals surface area contributed by atoms with Crippen molar-refractivity contribution in [2.45, 2.75) is 18.6 Å². The molecule has 0 fully saturated rings. The summed E-state index contributed by atoms with van der Waals surface area (Å²) in [5.41, 5.74) is 7.54. The van der Waals surface area contributed by atoms with E-state index in [9.17, 15) is 4.39 Å². The molecule has 0 aromatic heterocycles. The van der Waals surface area contributed by atoms with Crippen LogP contribution < -0.4 is 10.5 Å². The SMILES string of the molecule is N[C@H]1CC(c2ccc(Br)cc2F)Oc2ccc(Cl)cc21. The molecule has 2 aromatic rings. The highest BCUT2D eigenvalue weighted by Crippen LogP contribution is 2.41. The Labute approximate surface area is 129 Å². The molecule has 0 bridgehead atoms. The molecule has 2 atom stereocenters. The zero-order chi connectivity index (χ0) is 14.3. The van der Waals surface area contributed by atoms with Crippen LogP contribution in [0.4, 0.5) is 4.39 Å². The van der Waals surface area contributed by atoms with Crippen LogP contribution in [0.25, 0.3) is 0 Å². The van der Waals surface area contributed by atoms with Crippen LogP contribution in [0.2, 0.25) is 5.02 Å². The molecule has 1 aliphatic heterocycles. The summed E-state index contributed by atoms with van der Waals surface area (Å²) in [6, 6.07) is 10.1. The van der Waals surface area contributed by atoms with Gasteiger partial charge in [0.2, 0.25) is 0 Å². The van der Waals surface area contributed by atoms with Gasteiger partial charge in [-0.3, -0.25) is 0 Å². The quantitative estimate of drug-likeness (QED) is 0.799. The first-order valence-corrected chi connectivity index (χ1v) is 7.38. The van der Waals surface area contributed by atoms with Gasteiger partial charge in [-0.05, 0) is 30.3 Å². The number of nitrogens with two attached hydrogens (primary N) is 1. The highest BCUT2D eigenvalue weighted by Gasteiger charge is 2.29. The Bertz CT molecular complexity index is 664. The fourth-order valence-corrected chi connectivity index (χ4v) is 2.94. The normalized spacial score (nSPS) is 21.2. The van der Waals surface area contributed by atoms with E-state index in [0.717, 1.165) is 5.56 Å². The molecule has 1 heterocycles. The van der Waals surface area contributed by atoms with Crippen molar-refractivity contribution in [3.8, 4) is 5.75 Å². The predicted molar refractivity (Wildman–Crippen MR) is 80.5 cm³/mol. The Balaban J connectivity index is 1.97. The van der Waals surface area contributed by atoms with Gasteiger partial charge >= 0.3 is 0 Å². The zero-order valence-corrected chi connectivity index (χ0v) is 12.8. The van der Waals surface area contributed by atoms with Crippen LogP contribution in [0.15, 0.2) is 40.9 Å². The highest BCUT2D eigenvalue weighted by atomic mass is 79.9. The maximum atomic E-state index is 14.0. The lowest BCUT2D eigenvalue weighted by molar-refractivity contribution is 0.157. The van der Waals surface area contributed by atoms with E-state index in [4.69, 9.17) is 22.1 Å². The minimum atomic E-state index is -0.383. The first kappa shape index (κ1) is 13.9. The average Bonchev–Trinajstić information content (AvgIpc) is 2.39. The molecule has 2 N–H and O–H groups in total. The first-order chi connectivity index (χ1) is 9.54. The minimum absolute atomic E-state index is 0.217. The summed E-state index contributed by atoms with van der Waals surface area (Å²) in [7, 11) is 0. The fraction of sp³-hybridized carbons (Fsp3) is 0.200. The maximum Gasteiger partial charge on any atom is 0.131 e. The van der Waals surface area contributed by atoms with Crippen molar-refractivity contribution in [2.24, 2.45) is 5.73 Å². The smallest absolute Gasteiger partial charge is 0.131 e. The lowest BCUT2D eigenvalue weighted by Crippen LogP contribution is -2.24. The number of hydrogen-bond acceptors (Lipinski definition) is 2. The van der Waals surface area contributed by atoms with Crippen molar-refractivity contribution in [3.05, 3.63) is 62.8 Å². The molecular formula is C15H12BrClFNO. The number of hydrogen-bond donors (Lipinski definition) is 1. The summed E-state index contributed by atoms with van der Waals surface area (Å²) in [4.78, 5) is 0. The number of ether oxygens (including phenoxy) is 1. The second-order valence-electron chi connectivity index (χ2n) is 4.80. The van der Waals surface area contributed by atoms with Crippen molar-refractivity contribution in [1.29, 1.82) is 0 Å². The lowest BCUT2D eigenvalue weighted by Gasteiger charge is -2.30. The van der Waals surface area contributed by atoms with Crippen LogP contribution in [0.3, 0.4) is 0 Å². The molecule has 1 unspecified atom stereocenters. The third kappa shape index (κ3) is 2.55. The summed E-state index contributed by atoms with van der Waals surface area (Å²) >= 11 is 9.21. The monoisotopic (exact) mass is 355 g/mol. The van der Waals surface area contributed by atoms with Crippen molar-refractivity contribution in [1.82, 2.24) is 0 Å². The van der Waals surface area contributed by atoms with Crippen LogP contribution in [-0.4, -0.2) is 0 Å². The second kappa shape index (κ2) is 5.35. The van der Waals surface area contributed by atoms with E-state index in [1.165, 1.54) is 6.07 Å². The number of benzene rings is 2. The minimum Gasteiger partial charge on any atom is -0.485 e. The molecule has 0 aliphatic carbocycles. The third-order valence-electron chi connectivity index (χ3n) is 3.42. The highest BCUT2D eigenvalue weighted by molar-refractivity contribution is 9.10. The third-order valence-corrected chi connectivity index (χ3v) is 4.15. The number of halogens is 3. The predicted octanol–water partition coefficient (Wildman–Crippen LogP) is 4.77. The van der Waals surface area contributed by atoms with Crippen LogP contribution in [-0.2, 0) is 0 Å². The molecule has 104 valence electrons. The molecule has 1 aliphatic rings. The average molecular weight is 357 g/mol. The van der Waals surface area contributed by atoms with Gasteiger partial charge in [0.05, 0.1) is 0 Å². The summed E-state index contributed by atoms with van der Waals surface area (Å²) in [6.07, 6.45) is 0.137. The molecule has 0 spiro atoms. The Kier molecular flexibility index (Phi) is 3.71. The van der Waals surface area contributed by atoms with E-state index in [2.05, 4.69) is 15.9 Å². The second-order valence-corrected chi connectivity index (χ2v) is 6.15. The van der Waals surface area contributed by atoms with Crippen molar-refractivity contribution in [2.75, 3.05) is 0 Å². The first-order valence-electron chi connectivity index (χ1n) is 6.21. The van der Waals surface area contributed by atoms with Gasteiger partial charge < -0.3 is 10.5 Å². The Morgan fingerprint density at radius 2 is 2.00 bits per heavy atom. The zero-order valence-electron chi connectivity index (χ0n) is 10.4. The van der Waals surface area contributed by atoms with E-state index in [-0.39, 0.29) is 18.0 Å².